The number of aromatic nitrogens is 3. The third-order valence-corrected chi connectivity index (χ3v) is 4.44. The number of methoxy groups -OCH3 is 1. The molecule has 2 rings (SSSR count). The van der Waals surface area contributed by atoms with Gasteiger partial charge in [-0.1, -0.05) is 6.92 Å². The van der Waals surface area contributed by atoms with Gasteiger partial charge in [0.15, 0.2) is 11.8 Å². The first-order valence-corrected chi connectivity index (χ1v) is 8.49. The molecule has 0 aromatic carbocycles. The number of guanidine groups is 1. The summed E-state index contributed by atoms with van der Waals surface area (Å²) in [6.45, 7) is 8.59. The molecule has 2 heterocycles. The summed E-state index contributed by atoms with van der Waals surface area (Å²) in [5.74, 6) is 3.59. The van der Waals surface area contributed by atoms with Crippen LogP contribution >= 0.6 is 24.0 Å². The summed E-state index contributed by atoms with van der Waals surface area (Å²) in [6.07, 6.45) is 3.42. The molecule has 1 aromatic rings. The van der Waals surface area contributed by atoms with Crippen molar-refractivity contribution in [3.8, 4) is 0 Å². The molecule has 0 bridgehead atoms. The van der Waals surface area contributed by atoms with E-state index in [1.54, 1.807) is 7.11 Å². The predicted molar refractivity (Wildman–Crippen MR) is 107 cm³/mol. The molecule has 8 heteroatoms. The van der Waals surface area contributed by atoms with Crippen molar-refractivity contribution >= 4 is 29.9 Å². The Morgan fingerprint density at radius 1 is 1.33 bits per heavy atom. The molecule has 1 N–H and O–H groups in total. The fraction of sp³-hybridized carbons (Fsp3) is 0.812. The quantitative estimate of drug-likeness (QED) is 0.311. The fourth-order valence-corrected chi connectivity index (χ4v) is 2.64. The molecule has 0 amide bonds. The number of halogens is 1. The van der Waals surface area contributed by atoms with Crippen molar-refractivity contribution in [1.82, 2.24) is 25.0 Å². The molecule has 24 heavy (non-hydrogen) atoms. The summed E-state index contributed by atoms with van der Waals surface area (Å²) in [5, 5.41) is 11.8. The van der Waals surface area contributed by atoms with Gasteiger partial charge in [-0.05, 0) is 32.1 Å². The van der Waals surface area contributed by atoms with Gasteiger partial charge in [-0.15, -0.1) is 34.2 Å². The number of hydrogen-bond acceptors (Lipinski definition) is 4. The number of nitrogens with one attached hydrogen (secondary N) is 1. The highest BCUT2D eigenvalue weighted by atomic mass is 127. The standard InChI is InChI=1S/C16H30N6O.HI/c1-13-6-9-22(10-7-13)16(17-8-5-11-23-4)18-12-15-20-19-14(2)21(15)3;/h13H,5-12H2,1-4H3,(H,17,18);1H. The van der Waals surface area contributed by atoms with Gasteiger partial charge in [-0.25, -0.2) is 4.99 Å². The smallest absolute Gasteiger partial charge is 0.194 e. The van der Waals surface area contributed by atoms with Crippen molar-refractivity contribution < 1.29 is 4.74 Å². The zero-order chi connectivity index (χ0) is 16.7. The molecule has 1 saturated heterocycles. The first kappa shape index (κ1) is 21.1. The second kappa shape index (κ2) is 10.9. The van der Waals surface area contributed by atoms with E-state index in [-0.39, 0.29) is 24.0 Å². The number of likely N-dealkylation sites (tertiary alicyclic amines) is 1. The molecule has 7 nitrogen and oxygen atoms in total. The van der Waals surface area contributed by atoms with Gasteiger partial charge in [0.1, 0.15) is 12.4 Å². The van der Waals surface area contributed by atoms with Gasteiger partial charge in [-0.2, -0.15) is 0 Å². The Kier molecular flexibility index (Phi) is 9.57. The van der Waals surface area contributed by atoms with E-state index < -0.39 is 0 Å². The lowest BCUT2D eigenvalue weighted by molar-refractivity contribution is 0.195. The van der Waals surface area contributed by atoms with Crippen LogP contribution in [0.4, 0.5) is 0 Å². The predicted octanol–water partition coefficient (Wildman–Crippen LogP) is 1.96. The van der Waals surface area contributed by atoms with Crippen LogP contribution in [0.2, 0.25) is 0 Å². The second-order valence-electron chi connectivity index (χ2n) is 6.30. The highest BCUT2D eigenvalue weighted by Gasteiger charge is 2.19. The molecule has 1 fully saturated rings. The molecule has 1 aliphatic rings. The summed E-state index contributed by atoms with van der Waals surface area (Å²) >= 11 is 0. The maximum absolute atomic E-state index is 5.12. The average molecular weight is 450 g/mol. The molecule has 0 saturated carbocycles. The summed E-state index contributed by atoms with van der Waals surface area (Å²) in [7, 11) is 3.71. The van der Waals surface area contributed by atoms with Crippen LogP contribution in [0.1, 0.15) is 37.8 Å². The van der Waals surface area contributed by atoms with Gasteiger partial charge in [0, 0.05) is 40.4 Å². The first-order chi connectivity index (χ1) is 11.1. The lowest BCUT2D eigenvalue weighted by Gasteiger charge is -2.33. The summed E-state index contributed by atoms with van der Waals surface area (Å²) in [6, 6.07) is 0. The van der Waals surface area contributed by atoms with E-state index in [0.29, 0.717) is 6.54 Å². The van der Waals surface area contributed by atoms with Gasteiger partial charge >= 0.3 is 0 Å². The van der Waals surface area contributed by atoms with Gasteiger partial charge in [0.2, 0.25) is 0 Å². The highest BCUT2D eigenvalue weighted by Crippen LogP contribution is 2.16. The number of hydrogen-bond donors (Lipinski definition) is 1. The highest BCUT2D eigenvalue weighted by molar-refractivity contribution is 14.0. The largest absolute Gasteiger partial charge is 0.385 e. The van der Waals surface area contributed by atoms with Crippen molar-refractivity contribution in [2.75, 3.05) is 33.4 Å². The number of ether oxygens (including phenoxy) is 1. The van der Waals surface area contributed by atoms with Gasteiger partial charge < -0.3 is 19.5 Å². The number of aryl methyl sites for hydroxylation is 1. The summed E-state index contributed by atoms with van der Waals surface area (Å²) < 4.78 is 7.11. The maximum atomic E-state index is 5.12. The minimum absolute atomic E-state index is 0. The molecule has 0 atom stereocenters. The molecular weight excluding hydrogens is 419 g/mol. The molecule has 1 aliphatic heterocycles. The van der Waals surface area contributed by atoms with E-state index in [2.05, 4.69) is 27.3 Å². The summed E-state index contributed by atoms with van der Waals surface area (Å²) in [4.78, 5) is 7.14. The fourth-order valence-electron chi connectivity index (χ4n) is 2.64. The minimum atomic E-state index is 0. The normalized spacial score (nSPS) is 16.2. The van der Waals surface area contributed by atoms with Crippen molar-refractivity contribution in [3.05, 3.63) is 11.6 Å². The lowest BCUT2D eigenvalue weighted by atomic mass is 10.00. The molecule has 0 unspecified atom stereocenters. The third-order valence-electron chi connectivity index (χ3n) is 4.44. The molecule has 0 radical (unpaired) electrons. The van der Waals surface area contributed by atoms with Crippen molar-refractivity contribution in [1.29, 1.82) is 0 Å². The van der Waals surface area contributed by atoms with Gasteiger partial charge in [-0.3, -0.25) is 0 Å². The Morgan fingerprint density at radius 2 is 2.04 bits per heavy atom. The molecule has 1 aromatic heterocycles. The van der Waals surface area contributed by atoms with Crippen LogP contribution in [0, 0.1) is 12.8 Å². The topological polar surface area (TPSA) is 67.6 Å². The van der Waals surface area contributed by atoms with E-state index in [4.69, 9.17) is 9.73 Å². The van der Waals surface area contributed by atoms with Crippen LogP contribution in [-0.2, 0) is 18.3 Å². The third kappa shape index (κ3) is 6.19. The SMILES string of the molecule is COCCCNC(=NCc1nnc(C)n1C)N1CCC(C)CC1.I. The molecular formula is C16H31IN6O. The van der Waals surface area contributed by atoms with E-state index in [0.717, 1.165) is 56.2 Å². The van der Waals surface area contributed by atoms with Crippen LogP contribution < -0.4 is 5.32 Å². The van der Waals surface area contributed by atoms with Crippen LogP contribution in [0.25, 0.3) is 0 Å². The number of aliphatic imine (C=N–C) groups is 1. The second-order valence-corrected chi connectivity index (χ2v) is 6.30. The lowest BCUT2D eigenvalue weighted by Crippen LogP contribution is -2.45. The molecule has 0 spiro atoms. The van der Waals surface area contributed by atoms with Crippen LogP contribution in [0.3, 0.4) is 0 Å². The van der Waals surface area contributed by atoms with Crippen molar-refractivity contribution in [2.24, 2.45) is 18.0 Å². The van der Waals surface area contributed by atoms with Gasteiger partial charge in [0.25, 0.3) is 0 Å². The maximum Gasteiger partial charge on any atom is 0.194 e. The van der Waals surface area contributed by atoms with E-state index in [1.807, 2.05) is 18.5 Å². The first-order valence-electron chi connectivity index (χ1n) is 8.49. The Morgan fingerprint density at radius 3 is 2.62 bits per heavy atom. The van der Waals surface area contributed by atoms with Gasteiger partial charge in [0.05, 0.1) is 0 Å². The summed E-state index contributed by atoms with van der Waals surface area (Å²) in [5.41, 5.74) is 0. The number of rotatable bonds is 6. The Bertz CT molecular complexity index is 511. The van der Waals surface area contributed by atoms with Crippen LogP contribution in [0.15, 0.2) is 4.99 Å². The average Bonchev–Trinajstić information content (AvgIpc) is 2.87. The van der Waals surface area contributed by atoms with E-state index >= 15 is 0 Å². The number of piperidine rings is 1. The van der Waals surface area contributed by atoms with E-state index in [9.17, 15) is 0 Å². The Hall–Kier alpha value is -0.900. The monoisotopic (exact) mass is 450 g/mol. The van der Waals surface area contributed by atoms with Crippen molar-refractivity contribution in [3.63, 3.8) is 0 Å². The van der Waals surface area contributed by atoms with E-state index in [1.165, 1.54) is 12.8 Å². The van der Waals surface area contributed by atoms with Crippen LogP contribution in [-0.4, -0.2) is 59.0 Å². The minimum Gasteiger partial charge on any atom is -0.385 e. The van der Waals surface area contributed by atoms with Crippen molar-refractivity contribution in [2.45, 2.75) is 39.7 Å². The molecule has 138 valence electrons. The Balaban J connectivity index is 0.00000288. The zero-order valence-corrected chi connectivity index (χ0v) is 17.6. The zero-order valence-electron chi connectivity index (χ0n) is 15.3. The van der Waals surface area contributed by atoms with Crippen LogP contribution in [0.5, 0.6) is 0 Å². The molecule has 0 aliphatic carbocycles. The number of nitrogens with zero attached hydrogens (tertiary/aromatic N) is 5. The Labute approximate surface area is 162 Å².